The van der Waals surface area contributed by atoms with Gasteiger partial charge in [0, 0.05) is 36.7 Å². The first kappa shape index (κ1) is 26.9. The molecule has 0 aliphatic heterocycles. The van der Waals surface area contributed by atoms with Crippen molar-refractivity contribution < 1.29 is 9.32 Å². The second kappa shape index (κ2) is 14.1. The summed E-state index contributed by atoms with van der Waals surface area (Å²) >= 11 is 0. The zero-order valence-electron chi connectivity index (χ0n) is 19.2. The van der Waals surface area contributed by atoms with Gasteiger partial charge in [0.1, 0.15) is 5.76 Å². The molecule has 0 bridgehead atoms. The molecule has 0 saturated carbocycles. The summed E-state index contributed by atoms with van der Waals surface area (Å²) in [5, 5.41) is 13.8. The Balaban J connectivity index is 0.00000480. The molecule has 172 valence electrons. The number of hydrogen-bond donors (Lipinski definition) is 3. The van der Waals surface area contributed by atoms with E-state index in [-0.39, 0.29) is 35.8 Å². The molecule has 7 nitrogen and oxygen atoms in total. The molecule has 3 N–H and O–H groups in total. The predicted octanol–water partition coefficient (Wildman–Crippen LogP) is 4.66. The summed E-state index contributed by atoms with van der Waals surface area (Å²) in [6, 6.07) is 7.82. The highest BCUT2D eigenvalue weighted by Gasteiger charge is 2.14. The minimum Gasteiger partial charge on any atom is -0.361 e. The Morgan fingerprint density at radius 2 is 1.94 bits per heavy atom. The van der Waals surface area contributed by atoms with Gasteiger partial charge in [0.2, 0.25) is 5.91 Å². The Kier molecular flexibility index (Phi) is 12.2. The molecule has 0 aliphatic carbocycles. The van der Waals surface area contributed by atoms with E-state index in [1.54, 1.807) is 0 Å². The maximum atomic E-state index is 12.1. The maximum Gasteiger partial charge on any atom is 0.227 e. The number of carbonyl (C=O) groups excluding carboxylic acids is 1. The number of amides is 1. The number of halogens is 1. The number of aliphatic imine (C=N–C) groups is 1. The molecule has 1 heterocycles. The third-order valence-electron chi connectivity index (χ3n) is 5.06. The van der Waals surface area contributed by atoms with Crippen molar-refractivity contribution in [2.45, 2.75) is 67.0 Å². The van der Waals surface area contributed by atoms with Crippen LogP contribution in [0.4, 0.5) is 5.69 Å². The first-order valence-corrected chi connectivity index (χ1v) is 10.9. The molecular weight excluding hydrogens is 505 g/mol. The van der Waals surface area contributed by atoms with Gasteiger partial charge < -0.3 is 20.5 Å². The number of carbonyl (C=O) groups is 1. The van der Waals surface area contributed by atoms with Crippen LogP contribution in [0.2, 0.25) is 0 Å². The van der Waals surface area contributed by atoms with E-state index in [4.69, 9.17) is 9.52 Å². The lowest BCUT2D eigenvalue weighted by molar-refractivity contribution is -0.119. The van der Waals surface area contributed by atoms with Gasteiger partial charge in [-0.1, -0.05) is 45.0 Å². The molecule has 1 aromatic heterocycles. The zero-order valence-corrected chi connectivity index (χ0v) is 21.6. The number of aromatic nitrogens is 1. The van der Waals surface area contributed by atoms with Crippen LogP contribution in [-0.4, -0.2) is 23.6 Å². The van der Waals surface area contributed by atoms with E-state index in [0.717, 1.165) is 60.0 Å². The minimum absolute atomic E-state index is 0. The number of anilines is 1. The Morgan fingerprint density at radius 1 is 1.16 bits per heavy atom. The van der Waals surface area contributed by atoms with E-state index in [1.165, 1.54) is 0 Å². The third-order valence-corrected chi connectivity index (χ3v) is 5.06. The molecule has 8 heteroatoms. The monoisotopic (exact) mass is 541 g/mol. The number of nitrogens with one attached hydrogen (secondary N) is 3. The zero-order chi connectivity index (χ0) is 21.9. The summed E-state index contributed by atoms with van der Waals surface area (Å²) in [5.74, 6) is 1.69. The van der Waals surface area contributed by atoms with Crippen LogP contribution in [0.5, 0.6) is 0 Å². The summed E-state index contributed by atoms with van der Waals surface area (Å²) in [7, 11) is 0. The molecule has 1 aromatic carbocycles. The molecule has 2 rings (SSSR count). The van der Waals surface area contributed by atoms with Gasteiger partial charge in [-0.15, -0.1) is 24.0 Å². The summed E-state index contributed by atoms with van der Waals surface area (Å²) < 4.78 is 5.44. The van der Waals surface area contributed by atoms with Crippen molar-refractivity contribution in [3.8, 4) is 0 Å². The van der Waals surface area contributed by atoms with Crippen LogP contribution in [0.3, 0.4) is 0 Å². The summed E-state index contributed by atoms with van der Waals surface area (Å²) in [6.07, 6.45) is 2.47. The van der Waals surface area contributed by atoms with Crippen LogP contribution in [-0.2, 0) is 30.7 Å². The highest BCUT2D eigenvalue weighted by molar-refractivity contribution is 14.0. The average Bonchev–Trinajstić information content (AvgIpc) is 3.17. The van der Waals surface area contributed by atoms with Gasteiger partial charge in [-0.05, 0) is 37.5 Å². The average molecular weight is 541 g/mol. The molecule has 1 amide bonds. The lowest BCUT2D eigenvalue weighted by Gasteiger charge is -2.13. The van der Waals surface area contributed by atoms with Gasteiger partial charge in [0.25, 0.3) is 0 Å². The van der Waals surface area contributed by atoms with E-state index in [0.29, 0.717) is 13.1 Å². The standard InChI is InChI=1S/C23H35N5O2.HI/c1-6-16(5)22(29)27-18-12-10-11-17(13-18)14-25-23(24-9-4)26-15-19-20(7-2)28-30-21(19)8-3;/h10-13,16H,6-9,14-15H2,1-5H3,(H,27,29)(H2,24,25,26);1H. The van der Waals surface area contributed by atoms with Gasteiger partial charge in [0.05, 0.1) is 12.2 Å². The van der Waals surface area contributed by atoms with E-state index in [1.807, 2.05) is 45.0 Å². The van der Waals surface area contributed by atoms with Gasteiger partial charge in [-0.3, -0.25) is 4.79 Å². The third kappa shape index (κ3) is 8.16. The fourth-order valence-corrected chi connectivity index (χ4v) is 3.02. The highest BCUT2D eigenvalue weighted by Crippen LogP contribution is 2.16. The molecule has 0 spiro atoms. The van der Waals surface area contributed by atoms with E-state index in [9.17, 15) is 4.79 Å². The van der Waals surface area contributed by atoms with Gasteiger partial charge in [-0.2, -0.15) is 0 Å². The van der Waals surface area contributed by atoms with Crippen LogP contribution >= 0.6 is 24.0 Å². The van der Waals surface area contributed by atoms with Gasteiger partial charge >= 0.3 is 0 Å². The van der Waals surface area contributed by atoms with Crippen LogP contribution in [0.25, 0.3) is 0 Å². The largest absolute Gasteiger partial charge is 0.361 e. The van der Waals surface area contributed by atoms with Crippen molar-refractivity contribution in [1.29, 1.82) is 0 Å². The Morgan fingerprint density at radius 3 is 2.58 bits per heavy atom. The first-order valence-electron chi connectivity index (χ1n) is 10.9. The summed E-state index contributed by atoms with van der Waals surface area (Å²) in [6.45, 7) is 12.0. The molecule has 1 unspecified atom stereocenters. The first-order chi connectivity index (χ1) is 14.5. The van der Waals surface area contributed by atoms with E-state index < -0.39 is 0 Å². The van der Waals surface area contributed by atoms with Crippen LogP contribution in [0.15, 0.2) is 33.8 Å². The van der Waals surface area contributed by atoms with Crippen LogP contribution < -0.4 is 16.0 Å². The predicted molar refractivity (Wildman–Crippen MR) is 137 cm³/mol. The molecule has 0 aliphatic rings. The number of rotatable bonds is 10. The summed E-state index contributed by atoms with van der Waals surface area (Å²) in [5.41, 5.74) is 3.93. The van der Waals surface area contributed by atoms with Crippen LogP contribution in [0, 0.1) is 5.92 Å². The second-order valence-electron chi connectivity index (χ2n) is 7.29. The van der Waals surface area contributed by atoms with Gasteiger partial charge in [-0.25, -0.2) is 4.99 Å². The van der Waals surface area contributed by atoms with Crippen molar-refractivity contribution >= 4 is 41.5 Å². The molecular formula is C23H36IN5O2. The molecule has 0 radical (unpaired) electrons. The molecule has 31 heavy (non-hydrogen) atoms. The van der Waals surface area contributed by atoms with Crippen LogP contribution in [0.1, 0.15) is 63.6 Å². The number of benzene rings is 1. The Labute approximate surface area is 202 Å². The molecule has 0 saturated heterocycles. The topological polar surface area (TPSA) is 91.5 Å². The minimum atomic E-state index is -0.00494. The summed E-state index contributed by atoms with van der Waals surface area (Å²) in [4.78, 5) is 16.8. The van der Waals surface area contributed by atoms with Crippen molar-refractivity contribution in [3.05, 3.63) is 46.8 Å². The highest BCUT2D eigenvalue weighted by atomic mass is 127. The van der Waals surface area contributed by atoms with Crippen molar-refractivity contribution in [3.63, 3.8) is 0 Å². The SMILES string of the molecule is CCNC(=NCc1cccc(NC(=O)C(C)CC)c1)NCc1c(CC)noc1CC.I. The number of hydrogen-bond acceptors (Lipinski definition) is 4. The number of guanidine groups is 1. The van der Waals surface area contributed by atoms with Crippen molar-refractivity contribution in [2.24, 2.45) is 10.9 Å². The second-order valence-corrected chi connectivity index (χ2v) is 7.29. The lowest BCUT2D eigenvalue weighted by atomic mass is 10.1. The smallest absolute Gasteiger partial charge is 0.227 e. The van der Waals surface area contributed by atoms with E-state index in [2.05, 4.69) is 35.0 Å². The maximum absolute atomic E-state index is 12.1. The van der Waals surface area contributed by atoms with Crippen molar-refractivity contribution in [2.75, 3.05) is 11.9 Å². The number of nitrogens with zero attached hydrogens (tertiary/aromatic N) is 2. The van der Waals surface area contributed by atoms with Gasteiger partial charge in [0.15, 0.2) is 5.96 Å². The fraction of sp³-hybridized carbons (Fsp3) is 0.522. The number of aryl methyl sites for hydroxylation is 2. The normalized spacial score (nSPS) is 12.1. The van der Waals surface area contributed by atoms with E-state index >= 15 is 0 Å². The lowest BCUT2D eigenvalue weighted by Crippen LogP contribution is -2.37. The molecule has 0 fully saturated rings. The van der Waals surface area contributed by atoms with Crippen molar-refractivity contribution in [1.82, 2.24) is 15.8 Å². The Bertz CT molecular complexity index is 829. The molecule has 2 aromatic rings. The quantitative estimate of drug-likeness (QED) is 0.231. The fourth-order valence-electron chi connectivity index (χ4n) is 3.02. The Hall–Kier alpha value is -2.10. The molecule has 1 atom stereocenters.